The fourth-order valence-electron chi connectivity index (χ4n) is 2.81. The van der Waals surface area contributed by atoms with Crippen molar-refractivity contribution in [3.63, 3.8) is 0 Å². The minimum absolute atomic E-state index is 0.835. The molecule has 0 unspecified atom stereocenters. The summed E-state index contributed by atoms with van der Waals surface area (Å²) in [5.41, 5.74) is 3.28. The molecule has 4 aromatic heterocycles. The Kier molecular flexibility index (Phi) is 3.78. The van der Waals surface area contributed by atoms with E-state index in [1.54, 1.807) is 17.5 Å². The van der Waals surface area contributed by atoms with Gasteiger partial charge in [-0.25, -0.2) is 4.98 Å². The summed E-state index contributed by atoms with van der Waals surface area (Å²) in [4.78, 5) is 6.85. The Morgan fingerprint density at radius 1 is 1.08 bits per heavy atom. The molecular weight excluding hydrogens is 320 g/mol. The van der Waals surface area contributed by atoms with Crippen LogP contribution in [0.25, 0.3) is 21.3 Å². The predicted molar refractivity (Wildman–Crippen MR) is 94.8 cm³/mol. The predicted octanol–water partition coefficient (Wildman–Crippen LogP) is 3.52. The van der Waals surface area contributed by atoms with E-state index in [9.17, 15) is 0 Å². The first-order valence-electron chi connectivity index (χ1n) is 7.83. The van der Waals surface area contributed by atoms with E-state index >= 15 is 0 Å². The van der Waals surface area contributed by atoms with Crippen LogP contribution in [0.5, 0.6) is 0 Å². The topological polar surface area (TPSA) is 64.3 Å². The molecule has 0 aliphatic carbocycles. The van der Waals surface area contributed by atoms with Gasteiger partial charge in [0, 0.05) is 30.8 Å². The number of aryl methyl sites for hydroxylation is 4. The maximum atomic E-state index is 4.54. The Morgan fingerprint density at radius 3 is 2.71 bits per heavy atom. The van der Waals surface area contributed by atoms with Crippen LogP contribution in [-0.4, -0.2) is 29.5 Å². The maximum Gasteiger partial charge on any atom is 0.150 e. The quantitative estimate of drug-likeness (QED) is 0.605. The van der Waals surface area contributed by atoms with E-state index in [0.29, 0.717) is 0 Å². The number of nitrogens with one attached hydrogen (secondary N) is 1. The molecule has 4 aromatic rings. The molecule has 4 rings (SSSR count). The highest BCUT2D eigenvalue weighted by Crippen LogP contribution is 2.32. The van der Waals surface area contributed by atoms with Crippen LogP contribution < -0.4 is 0 Å². The number of aromatic nitrogens is 6. The van der Waals surface area contributed by atoms with Crippen LogP contribution in [0.4, 0.5) is 0 Å². The summed E-state index contributed by atoms with van der Waals surface area (Å²) >= 11 is 1.71. The highest BCUT2D eigenvalue weighted by molar-refractivity contribution is 7.18. The van der Waals surface area contributed by atoms with E-state index in [4.69, 9.17) is 0 Å². The van der Waals surface area contributed by atoms with Gasteiger partial charge in [0.1, 0.15) is 5.82 Å². The first-order valence-corrected chi connectivity index (χ1v) is 8.64. The van der Waals surface area contributed by atoms with Crippen molar-refractivity contribution in [1.82, 2.24) is 29.5 Å². The smallest absolute Gasteiger partial charge is 0.150 e. The van der Waals surface area contributed by atoms with Gasteiger partial charge in [-0.05, 0) is 38.1 Å². The number of rotatable bonds is 5. The first kappa shape index (κ1) is 14.9. The van der Waals surface area contributed by atoms with Crippen molar-refractivity contribution in [1.29, 1.82) is 0 Å². The number of thiophene rings is 1. The van der Waals surface area contributed by atoms with Gasteiger partial charge in [-0.2, -0.15) is 10.2 Å². The molecule has 0 radical (unpaired) electrons. The van der Waals surface area contributed by atoms with Gasteiger partial charge in [0.05, 0.1) is 27.7 Å². The molecule has 0 aliphatic rings. The third-order valence-corrected chi connectivity index (χ3v) is 5.08. The SMILES string of the molecule is Cc1cc(C)n(CCn2ccnc2-c2ccc(-c3ccn[nH]3)s2)n1. The molecule has 6 nitrogen and oxygen atoms in total. The molecular formula is C17H18N6S. The fraction of sp³-hybridized carbons (Fsp3) is 0.235. The van der Waals surface area contributed by atoms with Crippen LogP contribution in [0.15, 0.2) is 42.9 Å². The highest BCUT2D eigenvalue weighted by Gasteiger charge is 2.11. The molecule has 0 aliphatic heterocycles. The van der Waals surface area contributed by atoms with Gasteiger partial charge in [0.15, 0.2) is 0 Å². The normalized spacial score (nSPS) is 11.2. The first-order chi connectivity index (χ1) is 11.7. The summed E-state index contributed by atoms with van der Waals surface area (Å²) in [6.45, 7) is 5.79. The molecule has 0 saturated carbocycles. The zero-order valence-corrected chi connectivity index (χ0v) is 14.4. The van der Waals surface area contributed by atoms with Crippen LogP contribution in [-0.2, 0) is 13.1 Å². The van der Waals surface area contributed by atoms with Crippen molar-refractivity contribution < 1.29 is 0 Å². The molecule has 1 N–H and O–H groups in total. The van der Waals surface area contributed by atoms with Crippen molar-refractivity contribution in [3.05, 3.63) is 54.2 Å². The summed E-state index contributed by atoms with van der Waals surface area (Å²) in [6, 6.07) is 8.30. The monoisotopic (exact) mass is 338 g/mol. The molecule has 0 saturated heterocycles. The Balaban J connectivity index is 1.55. The molecule has 0 amide bonds. The number of nitrogens with zero attached hydrogens (tertiary/aromatic N) is 5. The third-order valence-electron chi connectivity index (χ3n) is 3.96. The van der Waals surface area contributed by atoms with Crippen LogP contribution >= 0.6 is 11.3 Å². The number of hydrogen-bond acceptors (Lipinski definition) is 4. The lowest BCUT2D eigenvalue weighted by Crippen LogP contribution is -2.10. The lowest BCUT2D eigenvalue weighted by Gasteiger charge is -2.08. The number of aromatic amines is 1. The molecule has 24 heavy (non-hydrogen) atoms. The summed E-state index contributed by atoms with van der Waals surface area (Å²) in [5.74, 6) is 0.993. The maximum absolute atomic E-state index is 4.54. The number of hydrogen-bond donors (Lipinski definition) is 1. The number of H-pyrrole nitrogens is 1. The average Bonchev–Trinajstić information content (AvgIpc) is 3.33. The highest BCUT2D eigenvalue weighted by atomic mass is 32.1. The van der Waals surface area contributed by atoms with Crippen LogP contribution in [0.3, 0.4) is 0 Å². The van der Waals surface area contributed by atoms with Gasteiger partial charge < -0.3 is 4.57 Å². The second kappa shape index (κ2) is 6.09. The third kappa shape index (κ3) is 2.78. The lowest BCUT2D eigenvalue weighted by molar-refractivity contribution is 0.524. The van der Waals surface area contributed by atoms with Crippen molar-refractivity contribution in [2.24, 2.45) is 0 Å². The Hall–Kier alpha value is -2.67. The van der Waals surface area contributed by atoms with E-state index in [1.807, 2.05) is 30.1 Å². The Labute approximate surface area is 143 Å². The molecule has 7 heteroatoms. The zero-order chi connectivity index (χ0) is 16.5. The Morgan fingerprint density at radius 2 is 1.96 bits per heavy atom. The van der Waals surface area contributed by atoms with Crippen molar-refractivity contribution >= 4 is 11.3 Å². The lowest BCUT2D eigenvalue weighted by atomic mass is 10.3. The summed E-state index contributed by atoms with van der Waals surface area (Å²) in [7, 11) is 0. The molecule has 0 bridgehead atoms. The molecule has 0 spiro atoms. The second-order valence-corrected chi connectivity index (χ2v) is 6.81. The van der Waals surface area contributed by atoms with E-state index in [-0.39, 0.29) is 0 Å². The van der Waals surface area contributed by atoms with E-state index in [2.05, 4.69) is 50.0 Å². The largest absolute Gasteiger partial charge is 0.328 e. The van der Waals surface area contributed by atoms with Crippen LogP contribution in [0.1, 0.15) is 11.4 Å². The minimum Gasteiger partial charge on any atom is -0.328 e. The standard InChI is InChI=1S/C17H18N6S/c1-12-11-13(2)23(21-12)10-9-22-8-7-18-17(22)16-4-3-15(24-16)14-5-6-19-20-14/h3-8,11H,9-10H2,1-2H3,(H,19,20). The summed E-state index contributed by atoms with van der Waals surface area (Å²) in [5, 5.41) is 11.5. The van der Waals surface area contributed by atoms with Crippen molar-refractivity contribution in [3.8, 4) is 21.3 Å². The van der Waals surface area contributed by atoms with Gasteiger partial charge in [0.25, 0.3) is 0 Å². The molecule has 0 fully saturated rings. The average molecular weight is 338 g/mol. The minimum atomic E-state index is 0.835. The molecule has 4 heterocycles. The molecule has 0 aromatic carbocycles. The summed E-state index contributed by atoms with van der Waals surface area (Å²) in [6.07, 6.45) is 5.65. The summed E-state index contributed by atoms with van der Waals surface area (Å²) < 4.78 is 4.22. The fourth-order valence-corrected chi connectivity index (χ4v) is 3.81. The zero-order valence-electron chi connectivity index (χ0n) is 13.6. The van der Waals surface area contributed by atoms with E-state index < -0.39 is 0 Å². The van der Waals surface area contributed by atoms with Crippen molar-refractivity contribution in [2.45, 2.75) is 26.9 Å². The van der Waals surface area contributed by atoms with Gasteiger partial charge in [-0.3, -0.25) is 9.78 Å². The molecule has 0 atom stereocenters. The van der Waals surface area contributed by atoms with Gasteiger partial charge in [0.2, 0.25) is 0 Å². The van der Waals surface area contributed by atoms with Crippen LogP contribution in [0, 0.1) is 13.8 Å². The van der Waals surface area contributed by atoms with E-state index in [0.717, 1.165) is 40.1 Å². The second-order valence-electron chi connectivity index (χ2n) is 5.73. The van der Waals surface area contributed by atoms with E-state index in [1.165, 1.54) is 5.69 Å². The number of imidazole rings is 1. The molecule has 122 valence electrons. The van der Waals surface area contributed by atoms with Gasteiger partial charge in [-0.15, -0.1) is 11.3 Å². The van der Waals surface area contributed by atoms with Crippen LogP contribution in [0.2, 0.25) is 0 Å². The van der Waals surface area contributed by atoms with Gasteiger partial charge >= 0.3 is 0 Å². The van der Waals surface area contributed by atoms with Crippen molar-refractivity contribution in [2.75, 3.05) is 0 Å². The Bertz CT molecular complexity index is 944. The van der Waals surface area contributed by atoms with Gasteiger partial charge in [-0.1, -0.05) is 0 Å².